The lowest BCUT2D eigenvalue weighted by atomic mass is 9.91. The monoisotopic (exact) mass is 789 g/mol. The number of rotatable bonds is 7. The number of para-hydroxylation sites is 2. The van der Waals surface area contributed by atoms with Gasteiger partial charge in [-0.15, -0.1) is 0 Å². The molecule has 0 aliphatic rings. The number of benzene rings is 11. The Morgan fingerprint density at radius 2 is 0.742 bits per heavy atom. The molecule has 62 heavy (non-hydrogen) atoms. The third-order valence-corrected chi connectivity index (χ3v) is 12.4. The van der Waals surface area contributed by atoms with Crippen LogP contribution in [0.4, 0.5) is 17.1 Å². The molecule has 0 atom stereocenters. The van der Waals surface area contributed by atoms with Crippen molar-refractivity contribution in [3.63, 3.8) is 0 Å². The van der Waals surface area contributed by atoms with Crippen molar-refractivity contribution in [2.75, 3.05) is 4.90 Å². The maximum Gasteiger partial charge on any atom is 0.159 e. The summed E-state index contributed by atoms with van der Waals surface area (Å²) in [5, 5.41) is 9.51. The number of hydrogen-bond acceptors (Lipinski definition) is 2. The molecule has 0 aliphatic carbocycles. The normalized spacial score (nSPS) is 11.5. The van der Waals surface area contributed by atoms with Gasteiger partial charge in [-0.05, 0) is 114 Å². The second-order valence-electron chi connectivity index (χ2n) is 16.1. The zero-order valence-corrected chi connectivity index (χ0v) is 33.9. The average molecular weight is 790 g/mol. The zero-order chi connectivity index (χ0) is 41.0. The molecule has 0 saturated heterocycles. The van der Waals surface area contributed by atoms with Gasteiger partial charge in [0.25, 0.3) is 0 Å². The maximum absolute atomic E-state index is 7.03. The summed E-state index contributed by atoms with van der Waals surface area (Å²) < 4.78 is 7.03. The third kappa shape index (κ3) is 6.12. The fourth-order valence-corrected chi connectivity index (χ4v) is 9.40. The molecule has 0 saturated carbocycles. The van der Waals surface area contributed by atoms with Gasteiger partial charge in [-0.1, -0.05) is 194 Å². The number of furan rings is 1. The van der Waals surface area contributed by atoms with Crippen molar-refractivity contribution in [3.8, 4) is 44.5 Å². The summed E-state index contributed by atoms with van der Waals surface area (Å²) in [6.45, 7) is 0. The van der Waals surface area contributed by atoms with Gasteiger partial charge in [0.15, 0.2) is 5.58 Å². The van der Waals surface area contributed by atoms with E-state index in [1.807, 2.05) is 0 Å². The predicted molar refractivity (Wildman–Crippen MR) is 263 cm³/mol. The molecule has 1 heterocycles. The average Bonchev–Trinajstić information content (AvgIpc) is 3.74. The van der Waals surface area contributed by atoms with Gasteiger partial charge >= 0.3 is 0 Å². The van der Waals surface area contributed by atoms with Crippen molar-refractivity contribution in [3.05, 3.63) is 237 Å². The Morgan fingerprint density at radius 1 is 0.274 bits per heavy atom. The van der Waals surface area contributed by atoms with Gasteiger partial charge in [0.2, 0.25) is 0 Å². The summed E-state index contributed by atoms with van der Waals surface area (Å²) in [4.78, 5) is 2.35. The molecule has 0 unspecified atom stereocenters. The van der Waals surface area contributed by atoms with Crippen LogP contribution >= 0.6 is 0 Å². The molecule has 12 aromatic rings. The van der Waals surface area contributed by atoms with Crippen molar-refractivity contribution < 1.29 is 4.42 Å². The van der Waals surface area contributed by atoms with E-state index in [1.54, 1.807) is 0 Å². The third-order valence-electron chi connectivity index (χ3n) is 12.4. The van der Waals surface area contributed by atoms with E-state index >= 15 is 0 Å². The van der Waals surface area contributed by atoms with Crippen LogP contribution in [0.3, 0.4) is 0 Å². The molecule has 0 spiro atoms. The van der Waals surface area contributed by atoms with E-state index in [9.17, 15) is 0 Å². The minimum absolute atomic E-state index is 0.850. The Labute approximate surface area is 360 Å². The van der Waals surface area contributed by atoms with Crippen LogP contribution in [0.5, 0.6) is 0 Å². The first kappa shape index (κ1) is 35.7. The number of fused-ring (bicyclic) bond motifs is 6. The molecule has 1 aromatic heterocycles. The van der Waals surface area contributed by atoms with Crippen LogP contribution in [0, 0.1) is 0 Å². The molecular formula is C60H39NO. The van der Waals surface area contributed by atoms with E-state index in [0.717, 1.165) is 55.7 Å². The molecule has 0 bridgehead atoms. The Kier molecular flexibility index (Phi) is 8.53. The summed E-state index contributed by atoms with van der Waals surface area (Å²) in [6.07, 6.45) is 0. The Morgan fingerprint density at radius 3 is 1.45 bits per heavy atom. The SMILES string of the molecule is c1ccc(-c2cccc3c2oc2c(N(c4ccc(-c5cccc6cccc(-c7ccccc7)c56)cc4)c4ccc5cc(-c6ccc7ccccc7c6)ccc5c4)cccc23)cc1. The van der Waals surface area contributed by atoms with E-state index in [1.165, 1.54) is 60.1 Å². The Bertz CT molecular complexity index is 3620. The summed E-state index contributed by atoms with van der Waals surface area (Å²) in [6, 6.07) is 85.3. The van der Waals surface area contributed by atoms with Crippen molar-refractivity contribution >= 4 is 71.3 Å². The second-order valence-corrected chi connectivity index (χ2v) is 16.1. The number of nitrogens with zero attached hydrogens (tertiary/aromatic N) is 1. The lowest BCUT2D eigenvalue weighted by molar-refractivity contribution is 0.670. The van der Waals surface area contributed by atoms with E-state index in [2.05, 4.69) is 241 Å². The maximum atomic E-state index is 7.03. The van der Waals surface area contributed by atoms with Gasteiger partial charge in [0.05, 0.1) is 5.69 Å². The highest BCUT2D eigenvalue weighted by atomic mass is 16.3. The van der Waals surface area contributed by atoms with Gasteiger partial charge in [-0.25, -0.2) is 0 Å². The fourth-order valence-electron chi connectivity index (χ4n) is 9.40. The lowest BCUT2D eigenvalue weighted by Gasteiger charge is -2.26. The van der Waals surface area contributed by atoms with Gasteiger partial charge in [-0.3, -0.25) is 0 Å². The minimum atomic E-state index is 0.850. The first-order chi connectivity index (χ1) is 30.7. The molecule has 0 amide bonds. The topological polar surface area (TPSA) is 16.4 Å². The van der Waals surface area contributed by atoms with Crippen LogP contribution in [0.15, 0.2) is 241 Å². The van der Waals surface area contributed by atoms with Gasteiger partial charge in [-0.2, -0.15) is 0 Å². The molecule has 2 nitrogen and oxygen atoms in total. The lowest BCUT2D eigenvalue weighted by Crippen LogP contribution is -2.10. The standard InChI is InChI=1S/C60H39NO/c1-3-14-41(15-4-1)52-21-9-19-44-20-10-22-53(58(44)52)43-31-34-50(35-32-43)61(57-26-12-25-56-55-24-11-23-54(59(55)62-60(56)57)42-16-5-2-6-17-42)51-36-33-48-38-47(29-30-49(48)39-51)46-28-27-40-13-7-8-18-45(40)37-46/h1-39H. The van der Waals surface area contributed by atoms with Crippen LogP contribution in [0.1, 0.15) is 0 Å². The summed E-state index contributed by atoms with van der Waals surface area (Å²) >= 11 is 0. The first-order valence-corrected chi connectivity index (χ1v) is 21.2. The van der Waals surface area contributed by atoms with Crippen LogP contribution in [-0.2, 0) is 0 Å². The van der Waals surface area contributed by atoms with Crippen LogP contribution in [0.25, 0.3) is 98.8 Å². The van der Waals surface area contributed by atoms with Gasteiger partial charge < -0.3 is 9.32 Å². The minimum Gasteiger partial charge on any atom is -0.453 e. The van der Waals surface area contributed by atoms with Crippen molar-refractivity contribution in [1.82, 2.24) is 0 Å². The molecule has 12 rings (SSSR count). The smallest absolute Gasteiger partial charge is 0.159 e. The number of anilines is 3. The van der Waals surface area contributed by atoms with E-state index in [-0.39, 0.29) is 0 Å². The number of hydrogen-bond donors (Lipinski definition) is 0. The second kappa shape index (κ2) is 14.8. The quantitative estimate of drug-likeness (QED) is 0.160. The van der Waals surface area contributed by atoms with E-state index < -0.39 is 0 Å². The highest BCUT2D eigenvalue weighted by molar-refractivity contribution is 6.14. The molecule has 11 aromatic carbocycles. The highest BCUT2D eigenvalue weighted by Gasteiger charge is 2.22. The van der Waals surface area contributed by atoms with E-state index in [0.29, 0.717) is 0 Å². The Balaban J connectivity index is 1.02. The van der Waals surface area contributed by atoms with Crippen LogP contribution in [-0.4, -0.2) is 0 Å². The van der Waals surface area contributed by atoms with Crippen LogP contribution < -0.4 is 4.90 Å². The predicted octanol–water partition coefficient (Wildman–Crippen LogP) is 17.2. The first-order valence-electron chi connectivity index (χ1n) is 21.2. The summed E-state index contributed by atoms with van der Waals surface area (Å²) in [5.41, 5.74) is 14.3. The largest absolute Gasteiger partial charge is 0.453 e. The molecule has 290 valence electrons. The van der Waals surface area contributed by atoms with E-state index in [4.69, 9.17) is 4.42 Å². The van der Waals surface area contributed by atoms with Gasteiger partial charge in [0, 0.05) is 27.7 Å². The van der Waals surface area contributed by atoms with Crippen molar-refractivity contribution in [2.45, 2.75) is 0 Å². The van der Waals surface area contributed by atoms with Crippen molar-refractivity contribution in [2.24, 2.45) is 0 Å². The molecule has 2 heteroatoms. The molecule has 0 aliphatic heterocycles. The summed E-state index contributed by atoms with van der Waals surface area (Å²) in [5.74, 6) is 0. The molecular weight excluding hydrogens is 751 g/mol. The van der Waals surface area contributed by atoms with Gasteiger partial charge in [0.1, 0.15) is 5.58 Å². The Hall–Kier alpha value is -8.20. The fraction of sp³-hybridized carbons (Fsp3) is 0. The summed E-state index contributed by atoms with van der Waals surface area (Å²) in [7, 11) is 0. The van der Waals surface area contributed by atoms with Crippen molar-refractivity contribution in [1.29, 1.82) is 0 Å². The molecule has 0 N–H and O–H groups in total. The zero-order valence-electron chi connectivity index (χ0n) is 33.9. The molecule has 0 fully saturated rings. The molecule has 0 radical (unpaired) electrons. The highest BCUT2D eigenvalue weighted by Crippen LogP contribution is 2.45. The van der Waals surface area contributed by atoms with Crippen LogP contribution in [0.2, 0.25) is 0 Å².